The van der Waals surface area contributed by atoms with Gasteiger partial charge in [-0.2, -0.15) is 0 Å². The number of benzene rings is 1. The van der Waals surface area contributed by atoms with Crippen LogP contribution in [0.4, 0.5) is 0 Å². The van der Waals surface area contributed by atoms with Crippen molar-refractivity contribution in [1.29, 1.82) is 0 Å². The van der Waals surface area contributed by atoms with Crippen molar-refractivity contribution in [3.63, 3.8) is 0 Å². The maximum atomic E-state index is 13.4. The quantitative estimate of drug-likeness (QED) is 0.613. The van der Waals surface area contributed by atoms with Gasteiger partial charge in [0.25, 0.3) is 5.91 Å². The van der Waals surface area contributed by atoms with Gasteiger partial charge in [-0.3, -0.25) is 14.5 Å². The molecule has 34 heavy (non-hydrogen) atoms. The fourth-order valence-electron chi connectivity index (χ4n) is 5.91. The summed E-state index contributed by atoms with van der Waals surface area (Å²) in [5, 5.41) is 0. The molecule has 1 aromatic carbocycles. The number of likely N-dealkylation sites (N-methyl/N-ethyl adjacent to an activating group) is 1. The van der Waals surface area contributed by atoms with E-state index >= 15 is 0 Å². The Labute approximate surface area is 205 Å². The van der Waals surface area contributed by atoms with Crippen molar-refractivity contribution in [2.45, 2.75) is 57.0 Å². The van der Waals surface area contributed by atoms with Crippen LogP contribution in [0.3, 0.4) is 0 Å². The number of para-hydroxylation sites is 1. The van der Waals surface area contributed by atoms with Gasteiger partial charge < -0.3 is 19.4 Å². The van der Waals surface area contributed by atoms with Gasteiger partial charge in [0.1, 0.15) is 5.75 Å². The van der Waals surface area contributed by atoms with Gasteiger partial charge >= 0.3 is 0 Å². The average Bonchev–Trinajstić information content (AvgIpc) is 2.88. The Morgan fingerprint density at radius 3 is 2.32 bits per heavy atom. The van der Waals surface area contributed by atoms with Gasteiger partial charge in [0.2, 0.25) is 5.91 Å². The summed E-state index contributed by atoms with van der Waals surface area (Å²) in [4.78, 5) is 34.8. The van der Waals surface area contributed by atoms with E-state index in [1.54, 1.807) is 0 Å². The number of carbonyl (C=O) groups excluding carboxylic acids is 2. The lowest BCUT2D eigenvalue weighted by atomic mass is 9.83. The fourth-order valence-corrected chi connectivity index (χ4v) is 5.91. The molecule has 1 aromatic rings. The van der Waals surface area contributed by atoms with Crippen LogP contribution in [0, 0.1) is 5.92 Å². The molecule has 3 aliphatic rings. The van der Waals surface area contributed by atoms with Crippen molar-refractivity contribution >= 4 is 11.8 Å². The molecule has 2 amide bonds. The van der Waals surface area contributed by atoms with Crippen LogP contribution in [0.1, 0.15) is 44.9 Å². The summed E-state index contributed by atoms with van der Waals surface area (Å²) in [5.74, 6) is 1.56. The summed E-state index contributed by atoms with van der Waals surface area (Å²) >= 11 is 0. The highest BCUT2D eigenvalue weighted by atomic mass is 16.5. The minimum Gasteiger partial charge on any atom is -0.484 e. The van der Waals surface area contributed by atoms with Gasteiger partial charge in [-0.1, -0.05) is 18.2 Å². The molecule has 0 unspecified atom stereocenters. The van der Waals surface area contributed by atoms with E-state index in [2.05, 4.69) is 28.8 Å². The van der Waals surface area contributed by atoms with E-state index in [4.69, 9.17) is 4.74 Å². The van der Waals surface area contributed by atoms with Crippen molar-refractivity contribution in [1.82, 2.24) is 19.6 Å². The highest BCUT2D eigenvalue weighted by Crippen LogP contribution is 2.31. The van der Waals surface area contributed by atoms with Crippen molar-refractivity contribution in [3.05, 3.63) is 30.3 Å². The van der Waals surface area contributed by atoms with Gasteiger partial charge in [-0.05, 0) is 90.2 Å². The van der Waals surface area contributed by atoms with Gasteiger partial charge in [-0.15, -0.1) is 0 Å². The maximum Gasteiger partial charge on any atom is 0.260 e. The second kappa shape index (κ2) is 12.0. The van der Waals surface area contributed by atoms with E-state index in [1.165, 1.54) is 6.42 Å². The Bertz CT molecular complexity index is 788. The third-order valence-corrected chi connectivity index (χ3v) is 8.11. The van der Waals surface area contributed by atoms with E-state index in [0.717, 1.165) is 77.0 Å². The zero-order chi connectivity index (χ0) is 23.9. The number of rotatable bonds is 7. The Morgan fingerprint density at radius 2 is 1.62 bits per heavy atom. The van der Waals surface area contributed by atoms with Gasteiger partial charge in [-0.25, -0.2) is 0 Å². The second-order valence-electron chi connectivity index (χ2n) is 10.4. The molecule has 3 heterocycles. The fraction of sp³-hybridized carbons (Fsp3) is 0.704. The summed E-state index contributed by atoms with van der Waals surface area (Å²) < 4.78 is 5.65. The summed E-state index contributed by atoms with van der Waals surface area (Å²) in [7, 11) is 4.29. The Morgan fingerprint density at radius 1 is 0.912 bits per heavy atom. The molecule has 0 bridgehead atoms. The molecule has 3 fully saturated rings. The van der Waals surface area contributed by atoms with Crippen LogP contribution in [-0.2, 0) is 9.59 Å². The van der Waals surface area contributed by atoms with Crippen LogP contribution >= 0.6 is 0 Å². The molecule has 4 rings (SSSR count). The zero-order valence-corrected chi connectivity index (χ0v) is 21.0. The molecule has 1 atom stereocenters. The van der Waals surface area contributed by atoms with Crippen LogP contribution in [0.2, 0.25) is 0 Å². The van der Waals surface area contributed by atoms with Crippen molar-refractivity contribution in [2.24, 2.45) is 5.92 Å². The molecule has 3 aliphatic heterocycles. The number of likely N-dealkylation sites (tertiary alicyclic amines) is 3. The van der Waals surface area contributed by atoms with E-state index in [1.807, 2.05) is 35.2 Å². The summed E-state index contributed by atoms with van der Waals surface area (Å²) in [6, 6.07) is 10.3. The Balaban J connectivity index is 1.25. The predicted octanol–water partition coefficient (Wildman–Crippen LogP) is 2.71. The van der Waals surface area contributed by atoms with Gasteiger partial charge in [0.05, 0.1) is 6.54 Å². The number of amides is 2. The summed E-state index contributed by atoms with van der Waals surface area (Å²) in [5.41, 5.74) is 0. The molecular formula is C27H42N4O3. The molecule has 0 saturated carbocycles. The average molecular weight is 471 g/mol. The largest absolute Gasteiger partial charge is 0.484 e. The topological polar surface area (TPSA) is 56.3 Å². The lowest BCUT2D eigenvalue weighted by molar-refractivity contribution is -0.140. The molecule has 7 heteroatoms. The standard InChI is InChI=1S/C27H42N4O3/c1-28-16-13-23(14-17-28)29(2)20-26(32)31-15-7-6-10-25(31)22-11-18-30(19-12-22)27(33)21-34-24-8-4-3-5-9-24/h3-5,8-9,22-23,25H,6-7,10-21H2,1-2H3/t25-/m1/s1. The van der Waals surface area contributed by atoms with Crippen LogP contribution in [0.15, 0.2) is 30.3 Å². The lowest BCUT2D eigenvalue weighted by Crippen LogP contribution is -2.54. The molecule has 0 aliphatic carbocycles. The highest BCUT2D eigenvalue weighted by Gasteiger charge is 2.36. The summed E-state index contributed by atoms with van der Waals surface area (Å²) in [6.45, 7) is 5.25. The van der Waals surface area contributed by atoms with E-state index in [0.29, 0.717) is 30.5 Å². The maximum absolute atomic E-state index is 13.4. The minimum absolute atomic E-state index is 0.0543. The molecule has 0 spiro atoms. The van der Waals surface area contributed by atoms with Crippen LogP contribution in [0.5, 0.6) is 5.75 Å². The minimum atomic E-state index is 0.0543. The number of ether oxygens (including phenoxy) is 1. The monoisotopic (exact) mass is 470 g/mol. The van der Waals surface area contributed by atoms with Crippen molar-refractivity contribution in [2.75, 3.05) is 60.0 Å². The third-order valence-electron chi connectivity index (χ3n) is 8.11. The van der Waals surface area contributed by atoms with E-state index < -0.39 is 0 Å². The van der Waals surface area contributed by atoms with Crippen LogP contribution in [-0.4, -0.2) is 103 Å². The third kappa shape index (κ3) is 6.51. The first-order chi connectivity index (χ1) is 16.5. The lowest BCUT2D eigenvalue weighted by Gasteiger charge is -2.44. The first kappa shape index (κ1) is 25.0. The number of piperidine rings is 3. The normalized spacial score (nSPS) is 23.3. The second-order valence-corrected chi connectivity index (χ2v) is 10.4. The molecule has 0 N–H and O–H groups in total. The SMILES string of the molecule is CN1CCC(N(C)CC(=O)N2CCCC[C@@H]2C2CCN(C(=O)COc3ccccc3)CC2)CC1. The molecule has 188 valence electrons. The van der Waals surface area contributed by atoms with Gasteiger partial charge in [0, 0.05) is 31.7 Å². The predicted molar refractivity (Wildman–Crippen MR) is 134 cm³/mol. The molecular weight excluding hydrogens is 428 g/mol. The highest BCUT2D eigenvalue weighted by molar-refractivity contribution is 5.79. The van der Waals surface area contributed by atoms with Gasteiger partial charge in [0.15, 0.2) is 6.61 Å². The van der Waals surface area contributed by atoms with E-state index in [-0.39, 0.29) is 12.5 Å². The molecule has 0 aromatic heterocycles. The first-order valence-electron chi connectivity index (χ1n) is 13.1. The Hall–Kier alpha value is -2.12. The zero-order valence-electron chi connectivity index (χ0n) is 21.0. The smallest absolute Gasteiger partial charge is 0.260 e. The van der Waals surface area contributed by atoms with Crippen LogP contribution in [0.25, 0.3) is 0 Å². The number of hydrogen-bond donors (Lipinski definition) is 0. The number of carbonyl (C=O) groups is 2. The van der Waals surface area contributed by atoms with Crippen molar-refractivity contribution < 1.29 is 14.3 Å². The van der Waals surface area contributed by atoms with E-state index in [9.17, 15) is 9.59 Å². The summed E-state index contributed by atoms with van der Waals surface area (Å²) in [6.07, 6.45) is 7.62. The first-order valence-corrected chi connectivity index (χ1v) is 13.1. The molecule has 7 nitrogen and oxygen atoms in total. The molecule has 3 saturated heterocycles. The van der Waals surface area contributed by atoms with Crippen molar-refractivity contribution in [3.8, 4) is 5.75 Å². The van der Waals surface area contributed by atoms with Crippen LogP contribution < -0.4 is 4.74 Å². The molecule has 0 radical (unpaired) electrons. The number of hydrogen-bond acceptors (Lipinski definition) is 5. The number of nitrogens with zero attached hydrogens (tertiary/aromatic N) is 4. The Kier molecular flexibility index (Phi) is 8.84.